The predicted octanol–water partition coefficient (Wildman–Crippen LogP) is 3.02. The fourth-order valence-electron chi connectivity index (χ4n) is 2.52. The minimum atomic E-state index is -3.96. The Morgan fingerprint density at radius 3 is 2.04 bits per heavy atom. The first-order valence-corrected chi connectivity index (χ1v) is 11.9. The van der Waals surface area contributed by atoms with Crippen molar-refractivity contribution >= 4 is 37.1 Å². The summed E-state index contributed by atoms with van der Waals surface area (Å²) in [6.07, 6.45) is 1.02. The van der Waals surface area contributed by atoms with Gasteiger partial charge in [0.1, 0.15) is 4.90 Å². The topological polar surface area (TPSA) is 74.8 Å². The van der Waals surface area contributed by atoms with Crippen molar-refractivity contribution in [2.24, 2.45) is 0 Å². The summed E-state index contributed by atoms with van der Waals surface area (Å²) in [6, 6.07) is 11.3. The van der Waals surface area contributed by atoms with Gasteiger partial charge < -0.3 is 4.90 Å². The molecule has 6 nitrogen and oxygen atoms in total. The first-order chi connectivity index (χ1) is 12.5. The minimum absolute atomic E-state index is 0.0104. The number of hydrogen-bond donors (Lipinski definition) is 0. The van der Waals surface area contributed by atoms with Crippen molar-refractivity contribution in [2.45, 2.75) is 23.3 Å². The first-order valence-electron chi connectivity index (χ1n) is 8.23. The molecule has 0 aliphatic heterocycles. The van der Waals surface area contributed by atoms with Crippen molar-refractivity contribution in [3.05, 3.63) is 53.1 Å². The van der Waals surface area contributed by atoms with Crippen LogP contribution in [0.5, 0.6) is 0 Å². The van der Waals surface area contributed by atoms with E-state index in [9.17, 15) is 16.8 Å². The van der Waals surface area contributed by atoms with Crippen molar-refractivity contribution in [2.75, 3.05) is 31.8 Å². The number of sulfonamides is 1. The zero-order valence-corrected chi connectivity index (χ0v) is 18.1. The Morgan fingerprint density at radius 1 is 0.963 bits per heavy atom. The van der Waals surface area contributed by atoms with Gasteiger partial charge in [-0.15, -0.1) is 0 Å². The van der Waals surface area contributed by atoms with Crippen LogP contribution in [0.15, 0.2) is 52.3 Å². The normalized spacial score (nSPS) is 12.4. The molecule has 0 aliphatic rings. The van der Waals surface area contributed by atoms with Gasteiger partial charge in [-0.05, 0) is 35.9 Å². The molecule has 0 heterocycles. The van der Waals surface area contributed by atoms with Crippen LogP contribution >= 0.6 is 11.6 Å². The molecule has 0 saturated carbocycles. The van der Waals surface area contributed by atoms with Gasteiger partial charge in [0.15, 0.2) is 9.84 Å². The average Bonchev–Trinajstić information content (AvgIpc) is 2.59. The first kappa shape index (κ1) is 21.7. The molecule has 2 aromatic rings. The summed E-state index contributed by atoms with van der Waals surface area (Å²) >= 11 is 6.08. The lowest BCUT2D eigenvalue weighted by atomic mass is 10.2. The van der Waals surface area contributed by atoms with Crippen molar-refractivity contribution in [3.8, 4) is 0 Å². The van der Waals surface area contributed by atoms with Gasteiger partial charge in [-0.3, -0.25) is 0 Å². The molecular formula is C18H23ClN2O4S2. The molecule has 2 rings (SSSR count). The largest absolute Gasteiger partial charge is 0.378 e. The van der Waals surface area contributed by atoms with Crippen molar-refractivity contribution < 1.29 is 16.8 Å². The number of anilines is 1. The third-order valence-electron chi connectivity index (χ3n) is 4.11. The fraction of sp³-hybridized carbons (Fsp3) is 0.333. The van der Waals surface area contributed by atoms with Crippen LogP contribution in [-0.4, -0.2) is 48.0 Å². The molecular weight excluding hydrogens is 408 g/mol. The number of sulfone groups is 1. The molecule has 0 spiro atoms. The van der Waals surface area contributed by atoms with Crippen LogP contribution in [0.2, 0.25) is 5.02 Å². The van der Waals surface area contributed by atoms with Crippen molar-refractivity contribution in [1.29, 1.82) is 0 Å². The third kappa shape index (κ3) is 5.01. The van der Waals surface area contributed by atoms with E-state index in [0.29, 0.717) is 0 Å². The lowest BCUT2D eigenvalue weighted by molar-refractivity contribution is 0.423. The Labute approximate surface area is 166 Å². The summed E-state index contributed by atoms with van der Waals surface area (Å²) in [7, 11) is -3.67. The van der Waals surface area contributed by atoms with E-state index in [2.05, 4.69) is 0 Å². The molecule has 0 fully saturated rings. The summed E-state index contributed by atoms with van der Waals surface area (Å²) in [5, 5.41) is -0.0104. The molecule has 27 heavy (non-hydrogen) atoms. The summed E-state index contributed by atoms with van der Waals surface area (Å²) in [4.78, 5) is 1.66. The van der Waals surface area contributed by atoms with E-state index < -0.39 is 19.9 Å². The maximum Gasteiger partial charge on any atom is 0.244 e. The van der Waals surface area contributed by atoms with E-state index >= 15 is 0 Å². The number of benzene rings is 2. The van der Waals surface area contributed by atoms with Crippen LogP contribution in [0.3, 0.4) is 0 Å². The molecule has 0 atom stereocenters. The second kappa shape index (κ2) is 8.18. The second-order valence-electron chi connectivity index (χ2n) is 6.36. The summed E-state index contributed by atoms with van der Waals surface area (Å²) in [5.41, 5.74) is 1.83. The van der Waals surface area contributed by atoms with E-state index in [1.54, 1.807) is 6.92 Å². The van der Waals surface area contributed by atoms with Crippen molar-refractivity contribution in [3.63, 3.8) is 0 Å². The molecule has 0 bridgehead atoms. The molecule has 2 aromatic carbocycles. The van der Waals surface area contributed by atoms with Gasteiger partial charge in [0, 0.05) is 39.1 Å². The molecule has 0 aromatic heterocycles. The van der Waals surface area contributed by atoms with Gasteiger partial charge in [-0.1, -0.05) is 30.7 Å². The van der Waals surface area contributed by atoms with Crippen LogP contribution in [0, 0.1) is 0 Å². The average molecular weight is 431 g/mol. The zero-order valence-electron chi connectivity index (χ0n) is 15.7. The van der Waals surface area contributed by atoms with Crippen LogP contribution in [-0.2, 0) is 26.4 Å². The highest BCUT2D eigenvalue weighted by atomic mass is 35.5. The molecule has 148 valence electrons. The summed E-state index contributed by atoms with van der Waals surface area (Å²) in [6.45, 7) is 2.10. The highest BCUT2D eigenvalue weighted by Crippen LogP contribution is 2.28. The number of halogens is 1. The zero-order chi connectivity index (χ0) is 20.4. The van der Waals surface area contributed by atoms with Gasteiger partial charge in [-0.2, -0.15) is 4.31 Å². The minimum Gasteiger partial charge on any atom is -0.378 e. The van der Waals surface area contributed by atoms with Crippen LogP contribution < -0.4 is 4.90 Å². The van der Waals surface area contributed by atoms with Gasteiger partial charge in [0.25, 0.3) is 0 Å². The summed E-state index contributed by atoms with van der Waals surface area (Å²) in [5.74, 6) is 0. The van der Waals surface area contributed by atoms with Crippen LogP contribution in [0.4, 0.5) is 5.69 Å². The Kier molecular flexibility index (Phi) is 6.57. The monoisotopic (exact) mass is 430 g/mol. The van der Waals surface area contributed by atoms with Crippen LogP contribution in [0.25, 0.3) is 0 Å². The molecule has 0 unspecified atom stereocenters. The van der Waals surface area contributed by atoms with E-state index in [0.717, 1.165) is 23.6 Å². The molecule has 9 heteroatoms. The Bertz CT molecular complexity index is 1020. The maximum atomic E-state index is 13.1. The van der Waals surface area contributed by atoms with Crippen molar-refractivity contribution in [1.82, 2.24) is 4.31 Å². The van der Waals surface area contributed by atoms with E-state index in [-0.39, 0.29) is 27.9 Å². The SMILES string of the molecule is CCN(Cc1ccc(N(C)C)cc1)S(=O)(=O)c1cc(S(C)(=O)=O)ccc1Cl. The Morgan fingerprint density at radius 2 is 1.56 bits per heavy atom. The number of rotatable bonds is 7. The van der Waals surface area contributed by atoms with Gasteiger partial charge in [-0.25, -0.2) is 16.8 Å². The highest BCUT2D eigenvalue weighted by Gasteiger charge is 2.27. The standard InChI is InChI=1S/C18H23ClN2O4S2/c1-5-21(13-14-6-8-15(9-7-14)20(2)3)27(24,25)18-12-16(26(4,22)23)10-11-17(18)19/h6-12H,5,13H2,1-4H3. The molecule has 0 saturated heterocycles. The second-order valence-corrected chi connectivity index (χ2v) is 10.7. The lowest BCUT2D eigenvalue weighted by Gasteiger charge is -2.22. The van der Waals surface area contributed by atoms with Gasteiger partial charge in [0.2, 0.25) is 10.0 Å². The quantitative estimate of drug-likeness (QED) is 0.674. The van der Waals surface area contributed by atoms with E-state index in [1.807, 2.05) is 43.3 Å². The lowest BCUT2D eigenvalue weighted by Crippen LogP contribution is -2.30. The fourth-order valence-corrected chi connectivity index (χ4v) is 5.18. The molecule has 0 radical (unpaired) electrons. The number of hydrogen-bond acceptors (Lipinski definition) is 5. The molecule has 0 N–H and O–H groups in total. The van der Waals surface area contributed by atoms with E-state index in [1.165, 1.54) is 16.4 Å². The smallest absolute Gasteiger partial charge is 0.244 e. The maximum absolute atomic E-state index is 13.1. The Hall–Kier alpha value is -1.61. The third-order valence-corrected chi connectivity index (χ3v) is 7.63. The van der Waals surface area contributed by atoms with Gasteiger partial charge in [0.05, 0.1) is 9.92 Å². The molecule has 0 aliphatic carbocycles. The summed E-state index contributed by atoms with van der Waals surface area (Å²) < 4.78 is 51.0. The van der Waals surface area contributed by atoms with Crippen LogP contribution in [0.1, 0.15) is 12.5 Å². The highest BCUT2D eigenvalue weighted by molar-refractivity contribution is 7.91. The predicted molar refractivity (Wildman–Crippen MR) is 109 cm³/mol. The number of nitrogens with zero attached hydrogens (tertiary/aromatic N) is 2. The molecule has 0 amide bonds. The Balaban J connectivity index is 2.41. The van der Waals surface area contributed by atoms with Gasteiger partial charge >= 0.3 is 0 Å². The van der Waals surface area contributed by atoms with E-state index in [4.69, 9.17) is 11.6 Å².